The molecule has 1 amide bonds. The summed E-state index contributed by atoms with van der Waals surface area (Å²) in [6.45, 7) is 2.63. The molecule has 7 heteroatoms. The molecule has 118 valence electrons. The van der Waals surface area contributed by atoms with E-state index >= 15 is 0 Å². The highest BCUT2D eigenvalue weighted by molar-refractivity contribution is 7.09. The number of rotatable bonds is 6. The van der Waals surface area contributed by atoms with Crippen molar-refractivity contribution in [2.45, 2.75) is 6.92 Å². The zero-order valence-electron chi connectivity index (χ0n) is 12.5. The van der Waals surface area contributed by atoms with Gasteiger partial charge in [0.1, 0.15) is 17.4 Å². The fourth-order valence-electron chi connectivity index (χ4n) is 1.84. The van der Waals surface area contributed by atoms with Gasteiger partial charge in [-0.1, -0.05) is 6.07 Å². The first-order valence-electron chi connectivity index (χ1n) is 6.90. The number of halogens is 1. The molecule has 5 nitrogen and oxygen atoms in total. The lowest BCUT2D eigenvalue weighted by Gasteiger charge is -2.08. The van der Waals surface area contributed by atoms with Crippen molar-refractivity contribution < 1.29 is 9.18 Å². The number of carbonyl (C=O) groups is 1. The third kappa shape index (κ3) is 4.90. The lowest BCUT2D eigenvalue weighted by molar-refractivity contribution is -0.116. The van der Waals surface area contributed by atoms with Gasteiger partial charge in [-0.3, -0.25) is 4.79 Å². The predicted octanol–water partition coefficient (Wildman–Crippen LogP) is 2.70. The molecule has 0 spiro atoms. The number of hydrogen-bond acceptors (Lipinski definition) is 5. The smallest absolute Gasteiger partial charge is 0.244 e. The minimum absolute atomic E-state index is 0.0300. The SMILES string of the molecule is Cc1nc(/C=C/C(=O)NCCNc2cccc(F)c2C#N)cs1. The second-order valence-corrected chi connectivity index (χ2v) is 5.68. The number of hydrogen-bond donors (Lipinski definition) is 2. The van der Waals surface area contributed by atoms with Crippen LogP contribution in [0.4, 0.5) is 10.1 Å². The second-order valence-electron chi connectivity index (χ2n) is 4.62. The average Bonchev–Trinajstić information content (AvgIpc) is 2.95. The van der Waals surface area contributed by atoms with E-state index in [1.54, 1.807) is 12.1 Å². The molecular weight excluding hydrogens is 315 g/mol. The maximum absolute atomic E-state index is 13.4. The first kappa shape index (κ1) is 16.6. The summed E-state index contributed by atoms with van der Waals surface area (Å²) < 4.78 is 13.4. The molecule has 0 bridgehead atoms. The summed E-state index contributed by atoms with van der Waals surface area (Å²) >= 11 is 1.52. The quantitative estimate of drug-likeness (QED) is 0.630. The molecule has 0 atom stereocenters. The number of aromatic nitrogens is 1. The van der Waals surface area contributed by atoms with Crippen molar-refractivity contribution >= 4 is 29.0 Å². The van der Waals surface area contributed by atoms with Gasteiger partial charge >= 0.3 is 0 Å². The molecule has 0 saturated heterocycles. The minimum Gasteiger partial charge on any atom is -0.382 e. The zero-order valence-corrected chi connectivity index (χ0v) is 13.3. The van der Waals surface area contributed by atoms with Crippen LogP contribution in [-0.4, -0.2) is 24.0 Å². The number of benzene rings is 1. The third-order valence-corrected chi connectivity index (χ3v) is 3.70. The van der Waals surface area contributed by atoms with E-state index in [1.165, 1.54) is 29.5 Å². The molecule has 1 heterocycles. The topological polar surface area (TPSA) is 77.8 Å². The molecule has 0 aliphatic heterocycles. The number of nitrogens with one attached hydrogen (secondary N) is 2. The van der Waals surface area contributed by atoms with Crippen molar-refractivity contribution in [3.8, 4) is 6.07 Å². The fraction of sp³-hybridized carbons (Fsp3) is 0.188. The van der Waals surface area contributed by atoms with Gasteiger partial charge in [-0.15, -0.1) is 11.3 Å². The Bertz CT molecular complexity index is 764. The maximum Gasteiger partial charge on any atom is 0.244 e. The van der Waals surface area contributed by atoms with E-state index in [0.29, 0.717) is 18.8 Å². The van der Waals surface area contributed by atoms with Gasteiger partial charge in [0.05, 0.1) is 16.4 Å². The Morgan fingerprint density at radius 2 is 2.30 bits per heavy atom. The minimum atomic E-state index is -0.567. The number of nitriles is 1. The zero-order chi connectivity index (χ0) is 16.7. The second kappa shape index (κ2) is 8.06. The number of amides is 1. The van der Waals surface area contributed by atoms with Crippen LogP contribution in [0.15, 0.2) is 29.7 Å². The van der Waals surface area contributed by atoms with Gasteiger partial charge in [0.15, 0.2) is 0 Å². The van der Waals surface area contributed by atoms with E-state index in [-0.39, 0.29) is 11.5 Å². The van der Waals surface area contributed by atoms with E-state index in [2.05, 4.69) is 15.6 Å². The number of anilines is 1. The first-order valence-corrected chi connectivity index (χ1v) is 7.78. The van der Waals surface area contributed by atoms with Gasteiger partial charge in [0, 0.05) is 24.5 Å². The van der Waals surface area contributed by atoms with E-state index in [0.717, 1.165) is 10.7 Å². The molecule has 2 rings (SSSR count). The van der Waals surface area contributed by atoms with Crippen molar-refractivity contribution in [2.24, 2.45) is 0 Å². The van der Waals surface area contributed by atoms with Crippen LogP contribution in [0.5, 0.6) is 0 Å². The molecule has 2 aromatic rings. The highest BCUT2D eigenvalue weighted by Gasteiger charge is 2.06. The van der Waals surface area contributed by atoms with Gasteiger partial charge < -0.3 is 10.6 Å². The van der Waals surface area contributed by atoms with Gasteiger partial charge in [-0.05, 0) is 25.1 Å². The van der Waals surface area contributed by atoms with Crippen molar-refractivity contribution in [1.29, 1.82) is 5.26 Å². The maximum atomic E-state index is 13.4. The number of aryl methyl sites for hydroxylation is 1. The summed E-state index contributed by atoms with van der Waals surface area (Å²) in [6.07, 6.45) is 3.06. The van der Waals surface area contributed by atoms with E-state index in [1.807, 2.05) is 18.4 Å². The van der Waals surface area contributed by atoms with Gasteiger partial charge in [0.25, 0.3) is 0 Å². The Morgan fingerprint density at radius 1 is 1.48 bits per heavy atom. The summed E-state index contributed by atoms with van der Waals surface area (Å²) in [4.78, 5) is 15.9. The van der Waals surface area contributed by atoms with Crippen molar-refractivity contribution in [3.63, 3.8) is 0 Å². The molecule has 23 heavy (non-hydrogen) atoms. The van der Waals surface area contributed by atoms with Crippen LogP contribution in [0, 0.1) is 24.1 Å². The standard InChI is InChI=1S/C16H15FN4OS/c1-11-21-12(10-23-11)5-6-16(22)20-8-7-19-15-4-2-3-14(17)13(15)9-18/h2-6,10,19H,7-8H2,1H3,(H,20,22)/b6-5+. The van der Waals surface area contributed by atoms with Crippen LogP contribution < -0.4 is 10.6 Å². The third-order valence-electron chi connectivity index (χ3n) is 2.91. The van der Waals surface area contributed by atoms with Crippen LogP contribution in [0.3, 0.4) is 0 Å². The lowest BCUT2D eigenvalue weighted by atomic mass is 10.2. The molecule has 1 aromatic heterocycles. The number of nitrogens with zero attached hydrogens (tertiary/aromatic N) is 2. The summed E-state index contributed by atoms with van der Waals surface area (Å²) in [5, 5.41) is 17.3. The van der Waals surface area contributed by atoms with Crippen molar-refractivity contribution in [1.82, 2.24) is 10.3 Å². The van der Waals surface area contributed by atoms with Gasteiger partial charge in [-0.2, -0.15) is 5.26 Å². The normalized spacial score (nSPS) is 10.5. The molecule has 0 saturated carbocycles. The van der Waals surface area contributed by atoms with Crippen LogP contribution in [-0.2, 0) is 4.79 Å². The molecular formula is C16H15FN4OS. The highest BCUT2D eigenvalue weighted by atomic mass is 32.1. The summed E-state index contributed by atoms with van der Waals surface area (Å²) in [7, 11) is 0. The summed E-state index contributed by atoms with van der Waals surface area (Å²) in [5.41, 5.74) is 1.13. The molecule has 0 aliphatic carbocycles. The van der Waals surface area contributed by atoms with Crippen molar-refractivity contribution in [2.75, 3.05) is 18.4 Å². The molecule has 1 aromatic carbocycles. The van der Waals surface area contributed by atoms with Crippen LogP contribution in [0.2, 0.25) is 0 Å². The Balaban J connectivity index is 1.77. The van der Waals surface area contributed by atoms with E-state index in [4.69, 9.17) is 5.26 Å². The number of thiazole rings is 1. The van der Waals surface area contributed by atoms with Gasteiger partial charge in [-0.25, -0.2) is 9.37 Å². The molecule has 0 fully saturated rings. The molecule has 0 aliphatic rings. The highest BCUT2D eigenvalue weighted by Crippen LogP contribution is 2.17. The van der Waals surface area contributed by atoms with Crippen LogP contribution in [0.1, 0.15) is 16.3 Å². The summed E-state index contributed by atoms with van der Waals surface area (Å²) in [6, 6.07) is 6.19. The number of carbonyl (C=O) groups excluding carboxylic acids is 1. The Kier molecular flexibility index (Phi) is 5.83. The average molecular weight is 330 g/mol. The Hall–Kier alpha value is -2.72. The van der Waals surface area contributed by atoms with E-state index < -0.39 is 5.82 Å². The monoisotopic (exact) mass is 330 g/mol. The first-order chi connectivity index (χ1) is 11.1. The Morgan fingerprint density at radius 3 is 3.00 bits per heavy atom. The predicted molar refractivity (Wildman–Crippen MR) is 88.5 cm³/mol. The van der Waals surface area contributed by atoms with Gasteiger partial charge in [0.2, 0.25) is 5.91 Å². The van der Waals surface area contributed by atoms with Crippen LogP contribution in [0.25, 0.3) is 6.08 Å². The molecule has 0 unspecified atom stereocenters. The lowest BCUT2D eigenvalue weighted by Crippen LogP contribution is -2.27. The van der Waals surface area contributed by atoms with Crippen LogP contribution >= 0.6 is 11.3 Å². The van der Waals surface area contributed by atoms with Crippen molar-refractivity contribution in [3.05, 3.63) is 51.7 Å². The summed E-state index contributed by atoms with van der Waals surface area (Å²) in [5.74, 6) is -0.805. The molecule has 0 radical (unpaired) electrons. The fourth-order valence-corrected chi connectivity index (χ4v) is 2.43. The Labute approximate surface area is 137 Å². The van der Waals surface area contributed by atoms with E-state index in [9.17, 15) is 9.18 Å². The molecule has 2 N–H and O–H groups in total. The largest absolute Gasteiger partial charge is 0.382 e.